The van der Waals surface area contributed by atoms with Gasteiger partial charge in [0.05, 0.1) is 111 Å². The Morgan fingerprint density at radius 3 is 1.48 bits per heavy atom. The third kappa shape index (κ3) is 15.3. The van der Waals surface area contributed by atoms with Gasteiger partial charge in [0, 0.05) is 50.6 Å². The number of nitrogens with zero attached hydrogens (tertiary/aromatic N) is 4. The number of nitrogens with one attached hydrogen (secondary N) is 1. The van der Waals surface area contributed by atoms with Gasteiger partial charge < -0.3 is 84.0 Å². The van der Waals surface area contributed by atoms with Gasteiger partial charge in [-0.2, -0.15) is 5.26 Å². The fraction of sp³-hybridized carbons (Fsp3) is 0.904. The molecule has 14 aliphatic rings. The van der Waals surface area contributed by atoms with Gasteiger partial charge in [0.25, 0.3) is 6.47 Å². The van der Waals surface area contributed by atoms with Crippen molar-refractivity contribution in [3.8, 4) is 6.07 Å². The molecule has 22 nitrogen and oxygen atoms in total. The average Bonchev–Trinajstić information content (AvgIpc) is 1.46. The van der Waals surface area contributed by atoms with E-state index in [1.807, 2.05) is 41.5 Å². The van der Waals surface area contributed by atoms with Gasteiger partial charge in [-0.25, -0.2) is 9.97 Å². The molecule has 2 unspecified atom stereocenters. The van der Waals surface area contributed by atoms with Crippen molar-refractivity contribution >= 4 is 18.1 Å². The Kier molecular flexibility index (Phi) is 29.0. The molecular weight excluding hydrogens is 1450 g/mol. The standard InChI is InChI=1S/C40H64N2O7.C36H61NO6.C4H4ClNO.C2H3N.CH2O3.2K.H/c1-9-45-34(36(5,6)44)25-20-24(2)31-32(48-25)33(43)38(8)27-11-10-26-35(3,4)28(12-13-39(26)23-40(27,39)15-14-37(31,38)7)49-30-22-42(17-19-47-30)21-29-41-16-18-46-29;1-9-40-30(32(5,6)39)22-18-21(2)27-28(42-22)29(38)34(8)24-11-10-23-31(3,4)25(43-26-19-37-16-17-41-26)12-13-35(23)20-36(24,35)15-14-33(27,34)7;5-3-4-6-1-2-7-4;1-2-3;2-1-4-3;;;/h16,18,24-28,30-34,43-44H,9-15,17,19-23H2,1-8H3;21-30,37-39H,9-20H2,1-8H3;1-2H,3H2;1H3;1,3H;;;/q;;;;;2*+1;-1/p-1/t24-,25-,26+,27+,28+,30+,31+,32+,33+,34?,37-,38-,39-,40+;21-,22-,23+,24+,25+,26+,27+,28+,29+,30?,33-,34-,35-,36+;;;;;;/m11....../s1. The molecule has 6 heterocycles. The molecule has 14 fully saturated rings. The summed E-state index contributed by atoms with van der Waals surface area (Å²) in [5.74, 6) is 5.33. The van der Waals surface area contributed by atoms with Gasteiger partial charge in [0.1, 0.15) is 24.7 Å². The smallest absolute Gasteiger partial charge is 1.00 e. The van der Waals surface area contributed by atoms with Crippen molar-refractivity contribution in [1.29, 1.82) is 5.26 Å². The Morgan fingerprint density at radius 1 is 0.685 bits per heavy atom. The van der Waals surface area contributed by atoms with Crippen LogP contribution in [0.15, 0.2) is 33.8 Å². The second kappa shape index (κ2) is 34.6. The maximum atomic E-state index is 12.6. The number of rotatable bonds is 16. The van der Waals surface area contributed by atoms with Crippen LogP contribution in [-0.2, 0) is 60.0 Å². The van der Waals surface area contributed by atoms with Crippen molar-refractivity contribution < 1.29 is 186 Å². The number of ether oxygens (including phenoxy) is 8. The number of oxazole rings is 2. The molecule has 25 heteroatoms. The molecule has 5 N–H and O–H groups in total. The van der Waals surface area contributed by atoms with E-state index in [1.165, 1.54) is 77.4 Å². The molecule has 0 bridgehead atoms. The topological polar surface area (TPSA) is 295 Å². The van der Waals surface area contributed by atoms with E-state index in [9.17, 15) is 20.4 Å². The molecule has 602 valence electrons. The number of hydrogen-bond donors (Lipinski definition) is 5. The monoisotopic (exact) mass is 1590 g/mol. The molecule has 0 radical (unpaired) electrons. The molecule has 28 atom stereocenters. The van der Waals surface area contributed by atoms with Crippen molar-refractivity contribution in [3.63, 3.8) is 0 Å². The number of alkyl halides is 1. The third-order valence-corrected chi connectivity index (χ3v) is 32.6. The van der Waals surface area contributed by atoms with E-state index < -0.39 is 35.6 Å². The van der Waals surface area contributed by atoms with Crippen LogP contribution in [-0.4, -0.2) is 179 Å². The molecule has 16 rings (SSSR count). The van der Waals surface area contributed by atoms with Crippen LogP contribution in [0.4, 0.5) is 0 Å². The second-order valence-electron chi connectivity index (χ2n) is 38.4. The largest absolute Gasteiger partial charge is 1.00 e. The molecule has 0 amide bonds. The van der Waals surface area contributed by atoms with Crippen molar-refractivity contribution in [3.05, 3.63) is 36.7 Å². The van der Waals surface area contributed by atoms with E-state index in [0.29, 0.717) is 107 Å². The average molecular weight is 1590 g/mol. The van der Waals surface area contributed by atoms with Gasteiger partial charge in [-0.05, 0) is 235 Å². The Hall–Kier alpha value is 0.343. The summed E-state index contributed by atoms with van der Waals surface area (Å²) in [6.07, 6.45) is 22.3. The van der Waals surface area contributed by atoms with Crippen LogP contribution >= 0.6 is 11.6 Å². The van der Waals surface area contributed by atoms with Crippen molar-refractivity contribution in [2.24, 2.45) is 101 Å². The fourth-order valence-corrected chi connectivity index (χ4v) is 28.3. The minimum Gasteiger partial charge on any atom is -1.00 e. The van der Waals surface area contributed by atoms with Gasteiger partial charge in [-0.1, -0.05) is 69.2 Å². The van der Waals surface area contributed by atoms with E-state index in [4.69, 9.17) is 73.6 Å². The van der Waals surface area contributed by atoms with Gasteiger partial charge in [-0.3, -0.25) is 9.69 Å². The normalized spacial score (nSPS) is 45.1. The third-order valence-electron chi connectivity index (χ3n) is 32.4. The van der Waals surface area contributed by atoms with Crippen LogP contribution in [0.25, 0.3) is 0 Å². The minimum absolute atomic E-state index is 0. The van der Waals surface area contributed by atoms with Crippen molar-refractivity contribution in [2.75, 3.05) is 52.6 Å². The molecular formula is C83H134ClK2N5O17. The van der Waals surface area contributed by atoms with Crippen LogP contribution in [0, 0.1) is 113 Å². The summed E-state index contributed by atoms with van der Waals surface area (Å²) in [6, 6.07) is 1.75. The van der Waals surface area contributed by atoms with Crippen molar-refractivity contribution in [2.45, 2.75) is 318 Å². The molecule has 10 saturated carbocycles. The predicted molar refractivity (Wildman–Crippen MR) is 395 cm³/mol. The molecule has 2 aromatic rings. The summed E-state index contributed by atoms with van der Waals surface area (Å²) < 4.78 is 62.2. The van der Waals surface area contributed by atoms with E-state index in [0.717, 1.165) is 77.2 Å². The van der Waals surface area contributed by atoms with Gasteiger partial charge in [0.15, 0.2) is 12.6 Å². The van der Waals surface area contributed by atoms with E-state index in [2.05, 4.69) is 94.3 Å². The number of aliphatic hydroxyl groups excluding tert-OH is 2. The maximum Gasteiger partial charge on any atom is 1.00 e. The maximum absolute atomic E-state index is 12.6. The number of aliphatic hydroxyl groups is 4. The number of carbonyl (C=O) groups excluding carboxylic acids is 1. The van der Waals surface area contributed by atoms with Crippen LogP contribution in [0.1, 0.15) is 234 Å². The molecule has 0 aromatic carbocycles. The van der Waals surface area contributed by atoms with Crippen LogP contribution in [0.5, 0.6) is 0 Å². The zero-order valence-corrected chi connectivity index (χ0v) is 76.1. The number of hydrogen-bond acceptors (Lipinski definition) is 22. The Bertz CT molecular complexity index is 3310. The van der Waals surface area contributed by atoms with Crippen LogP contribution < -0.4 is 113 Å². The Balaban J connectivity index is 0.000000210. The fourth-order valence-electron chi connectivity index (χ4n) is 28.1. The number of carbonyl (C=O) groups is 1. The Morgan fingerprint density at radius 2 is 1.10 bits per heavy atom. The SMILES string of the molecule is CC#N.CCOC([C@H]1C[C@@H](C)[C@H]2[C@H](O1)[C@H](O)[C@@]1(C)[C@@H]3CC[C@H]4C(C)(C)[C@@H](O[C@H]5CN(Cc6ncco6)CCO5)CC[C@@]45C[C@@]35CC[C@]21C)C(C)(C)O.CCOC([C@H]1C[C@@H](C)[C@H]2[C@H](O1)[C@H](O)[C@@]1(C)[C@@H]3CC[C@H]4C(C)(C)[C@@H](O[C@H]5CNCCO5)CC[C@@]45C[C@@]35CC[C@]21C)C(C)(C)O.ClCc1ncco1.O=CO[O-].[H-].[K+].[K+]. The van der Waals surface area contributed by atoms with E-state index >= 15 is 0 Å². The molecule has 4 saturated heterocycles. The number of aromatic nitrogens is 2. The summed E-state index contributed by atoms with van der Waals surface area (Å²) >= 11 is 5.31. The first-order valence-corrected chi connectivity index (χ1v) is 41.3. The number of halogens is 1. The van der Waals surface area contributed by atoms with Crippen molar-refractivity contribution in [1.82, 2.24) is 20.2 Å². The predicted octanol–water partition coefficient (Wildman–Crippen LogP) is 6.01. The molecule has 4 aliphatic heterocycles. The summed E-state index contributed by atoms with van der Waals surface area (Å²) in [6.45, 7) is 43.5. The zero-order chi connectivity index (χ0) is 76.8. The summed E-state index contributed by atoms with van der Waals surface area (Å²) in [7, 11) is 0. The summed E-state index contributed by atoms with van der Waals surface area (Å²) in [4.78, 5) is 21.6. The summed E-state index contributed by atoms with van der Waals surface area (Å²) in [5.41, 5.74) is -0.914. The van der Waals surface area contributed by atoms with Crippen LogP contribution in [0.2, 0.25) is 0 Å². The molecule has 10 aliphatic carbocycles. The van der Waals surface area contributed by atoms with Gasteiger partial charge in [0.2, 0.25) is 11.8 Å². The zero-order valence-electron chi connectivity index (χ0n) is 70.1. The molecule has 108 heavy (non-hydrogen) atoms. The number of nitriles is 1. The Labute approximate surface area is 736 Å². The first-order chi connectivity index (χ1) is 50.1. The number of morpholine rings is 2. The second-order valence-corrected chi connectivity index (χ2v) is 38.6. The minimum atomic E-state index is -1.02. The molecule has 2 aromatic heterocycles. The van der Waals surface area contributed by atoms with Gasteiger partial charge >= 0.3 is 103 Å². The van der Waals surface area contributed by atoms with E-state index in [-0.39, 0.29) is 192 Å². The summed E-state index contributed by atoms with van der Waals surface area (Å²) in [5, 5.41) is 66.4. The first-order valence-electron chi connectivity index (χ1n) is 40.7. The van der Waals surface area contributed by atoms with E-state index in [1.54, 1.807) is 24.7 Å². The quantitative estimate of drug-likeness (QED) is 0.0422. The molecule has 4 spiro atoms. The number of fused-ring (bicyclic) bond motifs is 8. The first kappa shape index (κ1) is 90.7. The van der Waals surface area contributed by atoms with Gasteiger partial charge in [-0.15, -0.1) is 11.6 Å². The van der Waals surface area contributed by atoms with Crippen LogP contribution in [0.3, 0.4) is 0 Å².